The molecule has 0 aliphatic heterocycles. The molecule has 2 aromatic heterocycles. The van der Waals surface area contributed by atoms with E-state index in [-0.39, 0.29) is 5.41 Å². The standard InChI is InChI=1S/C21H26N4O5/c1-21(2,3)11-24-20(26)30-16-10-23-19-17(16)25-13(9-22-19)12-7-14(27-4)18(29-6)15(8-12)28-5/h7-10H,11H2,1-6H3,(H,22,23)(H,24,26). The van der Waals surface area contributed by atoms with E-state index in [0.717, 1.165) is 0 Å². The Morgan fingerprint density at radius 1 is 1.07 bits per heavy atom. The maximum absolute atomic E-state index is 12.2. The molecule has 0 saturated heterocycles. The molecule has 0 aliphatic carbocycles. The number of benzene rings is 1. The van der Waals surface area contributed by atoms with E-state index in [0.29, 0.717) is 52.0 Å². The third-order valence-corrected chi connectivity index (χ3v) is 4.27. The van der Waals surface area contributed by atoms with Crippen molar-refractivity contribution in [1.29, 1.82) is 0 Å². The third-order valence-electron chi connectivity index (χ3n) is 4.27. The van der Waals surface area contributed by atoms with E-state index in [2.05, 4.69) is 20.3 Å². The van der Waals surface area contributed by atoms with Gasteiger partial charge in [-0.1, -0.05) is 20.8 Å². The molecule has 0 bridgehead atoms. The Morgan fingerprint density at radius 2 is 1.73 bits per heavy atom. The predicted octanol–water partition coefficient (Wildman–Crippen LogP) is 3.79. The van der Waals surface area contributed by atoms with Gasteiger partial charge < -0.3 is 29.2 Å². The molecule has 160 valence electrons. The highest BCUT2D eigenvalue weighted by Crippen LogP contribution is 2.41. The molecular formula is C21H26N4O5. The van der Waals surface area contributed by atoms with E-state index in [1.807, 2.05) is 20.8 Å². The molecule has 0 atom stereocenters. The van der Waals surface area contributed by atoms with Gasteiger partial charge >= 0.3 is 6.09 Å². The van der Waals surface area contributed by atoms with Crippen molar-refractivity contribution in [2.75, 3.05) is 27.9 Å². The fourth-order valence-electron chi connectivity index (χ4n) is 2.79. The average Bonchev–Trinajstić information content (AvgIpc) is 3.12. The van der Waals surface area contributed by atoms with E-state index in [9.17, 15) is 4.79 Å². The van der Waals surface area contributed by atoms with Crippen molar-refractivity contribution >= 4 is 17.3 Å². The Morgan fingerprint density at radius 3 is 2.30 bits per heavy atom. The minimum Gasteiger partial charge on any atom is -0.493 e. The number of amides is 1. The Balaban J connectivity index is 1.94. The van der Waals surface area contributed by atoms with Crippen LogP contribution < -0.4 is 24.3 Å². The highest BCUT2D eigenvalue weighted by Gasteiger charge is 2.18. The van der Waals surface area contributed by atoms with Crippen LogP contribution in [0.3, 0.4) is 0 Å². The summed E-state index contributed by atoms with van der Waals surface area (Å²) in [6.45, 7) is 6.55. The van der Waals surface area contributed by atoms with Crippen LogP contribution in [0.2, 0.25) is 0 Å². The van der Waals surface area contributed by atoms with Crippen molar-refractivity contribution < 1.29 is 23.7 Å². The summed E-state index contributed by atoms with van der Waals surface area (Å²) in [6, 6.07) is 3.56. The van der Waals surface area contributed by atoms with Gasteiger partial charge in [-0.2, -0.15) is 0 Å². The number of rotatable bonds is 6. The minimum absolute atomic E-state index is 0.0569. The van der Waals surface area contributed by atoms with Crippen LogP contribution in [0.5, 0.6) is 23.0 Å². The second-order valence-electron chi connectivity index (χ2n) is 7.82. The molecule has 0 fully saturated rings. The van der Waals surface area contributed by atoms with E-state index in [1.54, 1.807) is 45.9 Å². The first-order valence-electron chi connectivity index (χ1n) is 9.36. The minimum atomic E-state index is -0.550. The van der Waals surface area contributed by atoms with Crippen LogP contribution in [-0.4, -0.2) is 48.9 Å². The van der Waals surface area contributed by atoms with Gasteiger partial charge in [0.2, 0.25) is 5.75 Å². The lowest BCUT2D eigenvalue weighted by Crippen LogP contribution is -2.34. The number of aromatic nitrogens is 3. The summed E-state index contributed by atoms with van der Waals surface area (Å²) >= 11 is 0. The normalized spacial score (nSPS) is 11.3. The second-order valence-corrected chi connectivity index (χ2v) is 7.82. The van der Waals surface area contributed by atoms with Crippen molar-refractivity contribution in [2.24, 2.45) is 5.41 Å². The van der Waals surface area contributed by atoms with Gasteiger partial charge in [0.25, 0.3) is 0 Å². The van der Waals surface area contributed by atoms with Gasteiger partial charge in [0.15, 0.2) is 28.4 Å². The van der Waals surface area contributed by atoms with Gasteiger partial charge in [0.1, 0.15) is 0 Å². The summed E-state index contributed by atoms with van der Waals surface area (Å²) in [5, 5.41) is 2.74. The monoisotopic (exact) mass is 414 g/mol. The predicted molar refractivity (Wildman–Crippen MR) is 112 cm³/mol. The topological polar surface area (TPSA) is 108 Å². The number of aromatic amines is 1. The molecule has 9 nitrogen and oxygen atoms in total. The highest BCUT2D eigenvalue weighted by atomic mass is 16.6. The number of nitrogens with one attached hydrogen (secondary N) is 2. The Kier molecular flexibility index (Phi) is 6.00. The van der Waals surface area contributed by atoms with Crippen LogP contribution in [0, 0.1) is 5.41 Å². The van der Waals surface area contributed by atoms with E-state index in [4.69, 9.17) is 18.9 Å². The molecule has 2 N–H and O–H groups in total. The van der Waals surface area contributed by atoms with Crippen LogP contribution in [0.1, 0.15) is 20.8 Å². The number of carbonyl (C=O) groups excluding carboxylic acids is 1. The molecule has 0 unspecified atom stereocenters. The lowest BCUT2D eigenvalue weighted by atomic mass is 9.97. The fraction of sp³-hybridized carbons (Fsp3) is 0.381. The first kappa shape index (κ1) is 21.2. The van der Waals surface area contributed by atoms with Crippen molar-refractivity contribution in [3.8, 4) is 34.3 Å². The molecule has 0 spiro atoms. The number of ether oxygens (including phenoxy) is 4. The highest BCUT2D eigenvalue weighted by molar-refractivity contribution is 5.84. The largest absolute Gasteiger partial charge is 0.493 e. The number of hydrogen-bond acceptors (Lipinski definition) is 7. The Labute approximate surface area is 174 Å². The van der Waals surface area contributed by atoms with E-state index < -0.39 is 6.09 Å². The molecule has 9 heteroatoms. The number of nitrogens with zero attached hydrogens (tertiary/aromatic N) is 2. The number of methoxy groups -OCH3 is 3. The summed E-state index contributed by atoms with van der Waals surface area (Å²) < 4.78 is 21.6. The number of hydrogen-bond donors (Lipinski definition) is 2. The summed E-state index contributed by atoms with van der Waals surface area (Å²) in [6.07, 6.45) is 2.62. The molecule has 3 aromatic rings. The quantitative estimate of drug-likeness (QED) is 0.632. The smallest absolute Gasteiger partial charge is 0.412 e. The summed E-state index contributed by atoms with van der Waals surface area (Å²) in [5.41, 5.74) is 2.15. The first-order chi connectivity index (χ1) is 14.3. The zero-order chi connectivity index (χ0) is 21.9. The molecular weight excluding hydrogens is 388 g/mol. The zero-order valence-electron chi connectivity index (χ0n) is 18.0. The van der Waals surface area contributed by atoms with Crippen LogP contribution in [0.25, 0.3) is 22.4 Å². The third kappa shape index (κ3) is 4.56. The van der Waals surface area contributed by atoms with E-state index >= 15 is 0 Å². The lowest BCUT2D eigenvalue weighted by molar-refractivity contribution is 0.196. The second kappa shape index (κ2) is 8.48. The fourth-order valence-corrected chi connectivity index (χ4v) is 2.79. The summed E-state index contributed by atoms with van der Waals surface area (Å²) in [7, 11) is 4.63. The van der Waals surface area contributed by atoms with Gasteiger partial charge in [-0.05, 0) is 17.5 Å². The Hall–Kier alpha value is -3.49. The molecule has 1 aromatic carbocycles. The first-order valence-corrected chi connectivity index (χ1v) is 9.36. The summed E-state index contributed by atoms with van der Waals surface area (Å²) in [4.78, 5) is 24.1. The van der Waals surface area contributed by atoms with Gasteiger partial charge in [-0.25, -0.2) is 14.8 Å². The van der Waals surface area contributed by atoms with Gasteiger partial charge in [0, 0.05) is 18.3 Å². The van der Waals surface area contributed by atoms with Gasteiger partial charge in [-0.15, -0.1) is 0 Å². The van der Waals surface area contributed by atoms with E-state index in [1.165, 1.54) is 0 Å². The SMILES string of the molecule is COc1cc(-c2cnc3[nH]cc(OC(=O)NCC(C)(C)C)c3n2)cc(OC)c1OC. The maximum atomic E-state index is 12.2. The average molecular weight is 414 g/mol. The molecule has 2 heterocycles. The van der Waals surface area contributed by atoms with Gasteiger partial charge in [-0.3, -0.25) is 0 Å². The zero-order valence-corrected chi connectivity index (χ0v) is 18.0. The van der Waals surface area contributed by atoms with Crippen molar-refractivity contribution in [3.05, 3.63) is 24.5 Å². The molecule has 0 radical (unpaired) electrons. The summed E-state index contributed by atoms with van der Waals surface area (Å²) in [5.74, 6) is 1.78. The number of fused-ring (bicyclic) bond motifs is 1. The number of H-pyrrole nitrogens is 1. The molecule has 0 saturated carbocycles. The molecule has 1 amide bonds. The Bertz CT molecular complexity index is 1030. The van der Waals surface area contributed by atoms with Crippen molar-refractivity contribution in [1.82, 2.24) is 20.3 Å². The molecule has 3 rings (SSSR count). The van der Waals surface area contributed by atoms with Crippen molar-refractivity contribution in [2.45, 2.75) is 20.8 Å². The van der Waals surface area contributed by atoms with Crippen LogP contribution in [0.15, 0.2) is 24.5 Å². The van der Waals surface area contributed by atoms with Crippen LogP contribution in [-0.2, 0) is 0 Å². The molecule has 30 heavy (non-hydrogen) atoms. The maximum Gasteiger partial charge on any atom is 0.412 e. The number of carbonyl (C=O) groups is 1. The van der Waals surface area contributed by atoms with Crippen LogP contribution in [0.4, 0.5) is 4.79 Å². The van der Waals surface area contributed by atoms with Crippen LogP contribution >= 0.6 is 0 Å². The lowest BCUT2D eigenvalue weighted by Gasteiger charge is -2.18. The van der Waals surface area contributed by atoms with Crippen molar-refractivity contribution in [3.63, 3.8) is 0 Å². The van der Waals surface area contributed by atoms with Gasteiger partial charge in [0.05, 0.1) is 33.2 Å². The molecule has 0 aliphatic rings.